The Kier molecular flexibility index (Phi) is 6.91. The van der Waals surface area contributed by atoms with Crippen molar-refractivity contribution in [2.24, 2.45) is 0 Å². The highest BCUT2D eigenvalue weighted by Gasteiger charge is 2.05. The second kappa shape index (κ2) is 8.22. The minimum absolute atomic E-state index is 0.253. The summed E-state index contributed by atoms with van der Waals surface area (Å²) >= 11 is 6.16. The van der Waals surface area contributed by atoms with Crippen molar-refractivity contribution in [3.63, 3.8) is 0 Å². The van der Waals surface area contributed by atoms with E-state index in [4.69, 9.17) is 21.1 Å². The quantitative estimate of drug-likeness (QED) is 0.776. The Morgan fingerprint density at radius 3 is 2.72 bits per heavy atom. The van der Waals surface area contributed by atoms with Crippen molar-refractivity contribution < 1.29 is 9.47 Å². The van der Waals surface area contributed by atoms with E-state index in [-0.39, 0.29) is 6.04 Å². The number of anilines is 1. The highest BCUT2D eigenvalue weighted by molar-refractivity contribution is 6.32. The molecule has 0 aliphatic carbocycles. The summed E-state index contributed by atoms with van der Waals surface area (Å²) in [5.74, 6) is 0.738. The largest absolute Gasteiger partial charge is 0.492 e. The lowest BCUT2D eigenvalue weighted by Gasteiger charge is -2.16. The molecule has 0 bridgehead atoms. The summed E-state index contributed by atoms with van der Waals surface area (Å²) in [5.41, 5.74) is 0.982. The van der Waals surface area contributed by atoms with Crippen LogP contribution in [0.15, 0.2) is 18.2 Å². The van der Waals surface area contributed by atoms with Crippen molar-refractivity contribution >= 4 is 17.3 Å². The van der Waals surface area contributed by atoms with E-state index in [1.165, 1.54) is 0 Å². The standard InChI is InChI=1S/C14H22ClNO2/c1-4-8-18-14-7-6-12(9-13(14)15)16-11(3)10-17-5-2/h6-7,9,11,16H,4-5,8,10H2,1-3H3. The molecule has 0 spiro atoms. The predicted molar refractivity (Wildman–Crippen MR) is 76.8 cm³/mol. The molecular formula is C14H22ClNO2. The number of rotatable bonds is 8. The number of hydrogen-bond donors (Lipinski definition) is 1. The summed E-state index contributed by atoms with van der Waals surface area (Å²) in [5, 5.41) is 3.97. The Balaban J connectivity index is 2.55. The molecule has 0 aromatic heterocycles. The molecule has 0 aliphatic rings. The van der Waals surface area contributed by atoms with Crippen LogP contribution in [-0.4, -0.2) is 25.9 Å². The van der Waals surface area contributed by atoms with E-state index >= 15 is 0 Å². The molecule has 1 N–H and O–H groups in total. The van der Waals surface area contributed by atoms with Crippen LogP contribution >= 0.6 is 11.6 Å². The van der Waals surface area contributed by atoms with Crippen LogP contribution in [0, 0.1) is 0 Å². The van der Waals surface area contributed by atoms with Gasteiger partial charge in [0.1, 0.15) is 5.75 Å². The van der Waals surface area contributed by atoms with Crippen molar-refractivity contribution in [2.75, 3.05) is 25.1 Å². The van der Waals surface area contributed by atoms with Gasteiger partial charge in [0.05, 0.1) is 18.2 Å². The molecule has 0 saturated carbocycles. The van der Waals surface area contributed by atoms with Crippen LogP contribution in [0.4, 0.5) is 5.69 Å². The molecule has 1 aromatic carbocycles. The zero-order valence-electron chi connectivity index (χ0n) is 11.3. The lowest BCUT2D eigenvalue weighted by molar-refractivity contribution is 0.141. The highest BCUT2D eigenvalue weighted by Crippen LogP contribution is 2.28. The van der Waals surface area contributed by atoms with Gasteiger partial charge in [0.2, 0.25) is 0 Å². The Morgan fingerprint density at radius 2 is 2.11 bits per heavy atom. The summed E-state index contributed by atoms with van der Waals surface area (Å²) < 4.78 is 10.9. The molecule has 3 nitrogen and oxygen atoms in total. The SMILES string of the molecule is CCCOc1ccc(NC(C)COCC)cc1Cl. The van der Waals surface area contributed by atoms with Crippen molar-refractivity contribution in [1.82, 2.24) is 0 Å². The molecule has 18 heavy (non-hydrogen) atoms. The molecule has 4 heteroatoms. The van der Waals surface area contributed by atoms with Crippen LogP contribution in [0.1, 0.15) is 27.2 Å². The molecule has 0 radical (unpaired) electrons. The van der Waals surface area contributed by atoms with Gasteiger partial charge in [-0.3, -0.25) is 0 Å². The van der Waals surface area contributed by atoms with Crippen molar-refractivity contribution in [3.05, 3.63) is 23.2 Å². The van der Waals surface area contributed by atoms with Crippen LogP contribution in [-0.2, 0) is 4.74 Å². The number of nitrogens with one attached hydrogen (secondary N) is 1. The minimum atomic E-state index is 0.253. The topological polar surface area (TPSA) is 30.5 Å². The number of benzene rings is 1. The van der Waals surface area contributed by atoms with Gasteiger partial charge in [0.15, 0.2) is 0 Å². The van der Waals surface area contributed by atoms with Crippen LogP contribution in [0.2, 0.25) is 5.02 Å². The molecule has 102 valence electrons. The molecule has 0 amide bonds. The zero-order chi connectivity index (χ0) is 13.4. The number of halogens is 1. The molecule has 0 saturated heterocycles. The van der Waals surface area contributed by atoms with Crippen molar-refractivity contribution in [1.29, 1.82) is 0 Å². The molecule has 1 unspecified atom stereocenters. The Morgan fingerprint density at radius 1 is 1.33 bits per heavy atom. The maximum atomic E-state index is 6.16. The molecule has 0 fully saturated rings. The third-order valence-electron chi connectivity index (χ3n) is 2.38. The lowest BCUT2D eigenvalue weighted by atomic mass is 10.2. The first-order chi connectivity index (χ1) is 8.67. The first kappa shape index (κ1) is 15.1. The first-order valence-corrected chi connectivity index (χ1v) is 6.81. The van der Waals surface area contributed by atoms with Gasteiger partial charge in [-0.15, -0.1) is 0 Å². The second-order valence-electron chi connectivity index (χ2n) is 4.20. The van der Waals surface area contributed by atoms with Crippen LogP contribution in [0.25, 0.3) is 0 Å². The second-order valence-corrected chi connectivity index (χ2v) is 4.61. The van der Waals surface area contributed by atoms with E-state index in [2.05, 4.69) is 19.2 Å². The van der Waals surface area contributed by atoms with Gasteiger partial charge in [-0.05, 0) is 38.5 Å². The predicted octanol–water partition coefficient (Wildman–Crippen LogP) is 3.97. The average Bonchev–Trinajstić information content (AvgIpc) is 2.35. The molecular weight excluding hydrogens is 250 g/mol. The Bertz CT molecular complexity index is 358. The number of ether oxygens (including phenoxy) is 2. The minimum Gasteiger partial charge on any atom is -0.492 e. The van der Waals surface area contributed by atoms with Crippen molar-refractivity contribution in [3.8, 4) is 5.75 Å². The van der Waals surface area contributed by atoms with Gasteiger partial charge >= 0.3 is 0 Å². The smallest absolute Gasteiger partial charge is 0.138 e. The van der Waals surface area contributed by atoms with Gasteiger partial charge in [-0.1, -0.05) is 18.5 Å². The van der Waals surface area contributed by atoms with E-state index in [1.807, 2.05) is 25.1 Å². The fourth-order valence-corrected chi connectivity index (χ4v) is 1.78. The van der Waals surface area contributed by atoms with Crippen LogP contribution < -0.4 is 10.1 Å². The third-order valence-corrected chi connectivity index (χ3v) is 2.67. The van der Waals surface area contributed by atoms with Gasteiger partial charge in [-0.2, -0.15) is 0 Å². The molecule has 1 atom stereocenters. The fraction of sp³-hybridized carbons (Fsp3) is 0.571. The maximum Gasteiger partial charge on any atom is 0.138 e. The van der Waals surface area contributed by atoms with Gasteiger partial charge in [0, 0.05) is 18.3 Å². The molecule has 1 aromatic rings. The maximum absolute atomic E-state index is 6.16. The summed E-state index contributed by atoms with van der Waals surface area (Å²) in [6.07, 6.45) is 0.974. The highest BCUT2D eigenvalue weighted by atomic mass is 35.5. The van der Waals surface area contributed by atoms with Crippen LogP contribution in [0.3, 0.4) is 0 Å². The number of hydrogen-bond acceptors (Lipinski definition) is 3. The normalized spacial score (nSPS) is 12.2. The third kappa shape index (κ3) is 5.15. The zero-order valence-corrected chi connectivity index (χ0v) is 12.1. The molecule has 1 rings (SSSR count). The average molecular weight is 272 g/mol. The van der Waals surface area contributed by atoms with Crippen molar-refractivity contribution in [2.45, 2.75) is 33.2 Å². The first-order valence-electron chi connectivity index (χ1n) is 6.44. The van der Waals surface area contributed by atoms with Crippen LogP contribution in [0.5, 0.6) is 5.75 Å². The van der Waals surface area contributed by atoms with Gasteiger partial charge in [-0.25, -0.2) is 0 Å². The summed E-state index contributed by atoms with van der Waals surface area (Å²) in [7, 11) is 0. The van der Waals surface area contributed by atoms with Gasteiger partial charge < -0.3 is 14.8 Å². The van der Waals surface area contributed by atoms with E-state index < -0.39 is 0 Å². The lowest BCUT2D eigenvalue weighted by Crippen LogP contribution is -2.21. The Labute approximate surface area is 114 Å². The van der Waals surface area contributed by atoms with Gasteiger partial charge in [0.25, 0.3) is 0 Å². The monoisotopic (exact) mass is 271 g/mol. The Hall–Kier alpha value is -0.930. The molecule has 0 heterocycles. The summed E-state index contributed by atoms with van der Waals surface area (Å²) in [6, 6.07) is 6.01. The van der Waals surface area contributed by atoms with E-state index in [9.17, 15) is 0 Å². The summed E-state index contributed by atoms with van der Waals surface area (Å²) in [6.45, 7) is 8.24. The molecule has 0 aliphatic heterocycles. The van der Waals surface area contributed by atoms with E-state index in [0.717, 1.165) is 24.5 Å². The summed E-state index contributed by atoms with van der Waals surface area (Å²) in [4.78, 5) is 0. The van der Waals surface area contributed by atoms with E-state index in [0.29, 0.717) is 18.2 Å². The van der Waals surface area contributed by atoms with E-state index in [1.54, 1.807) is 0 Å². The fourth-order valence-electron chi connectivity index (χ4n) is 1.54.